The van der Waals surface area contributed by atoms with Crippen LogP contribution in [0.1, 0.15) is 35.1 Å². The van der Waals surface area contributed by atoms with Gasteiger partial charge in [-0.05, 0) is 24.1 Å². The lowest BCUT2D eigenvalue weighted by Gasteiger charge is -2.18. The molecule has 0 saturated heterocycles. The first-order valence-electron chi connectivity index (χ1n) is 6.70. The van der Waals surface area contributed by atoms with Crippen LogP contribution < -0.4 is 9.47 Å². The van der Waals surface area contributed by atoms with Crippen LogP contribution in [0, 0.1) is 0 Å². The summed E-state index contributed by atoms with van der Waals surface area (Å²) in [6, 6.07) is 5.56. The Hall–Kier alpha value is -2.08. The molecule has 1 aromatic heterocycles. The van der Waals surface area contributed by atoms with E-state index in [1.54, 1.807) is 0 Å². The summed E-state index contributed by atoms with van der Waals surface area (Å²) in [5, 5.41) is 9.98. The molecule has 2 aromatic rings. The molecule has 110 valence electrons. The Balaban J connectivity index is 2.04. The van der Waals surface area contributed by atoms with Crippen molar-refractivity contribution in [3.63, 3.8) is 0 Å². The molecule has 0 bridgehead atoms. The average molecular weight is 305 g/mol. The number of benzene rings is 1. The number of carboxylic acid groups (broad SMARTS) is 1. The highest BCUT2D eigenvalue weighted by Gasteiger charge is 2.21. The standard InChI is InChI=1S/C15H15NO4S/c1-8(2)12-13(15(17)18)21-14(16-12)9-3-4-10-11(7-9)20-6-5-19-10/h3-4,7-8H,5-6H2,1-2H3,(H,17,18). The first-order valence-corrected chi connectivity index (χ1v) is 7.52. The number of carbonyl (C=O) groups is 1. The second-order valence-electron chi connectivity index (χ2n) is 5.05. The van der Waals surface area contributed by atoms with Crippen LogP contribution in [0.15, 0.2) is 18.2 Å². The molecule has 1 aliphatic heterocycles. The van der Waals surface area contributed by atoms with Gasteiger partial charge in [0.2, 0.25) is 0 Å². The van der Waals surface area contributed by atoms with Crippen molar-refractivity contribution in [3.8, 4) is 22.1 Å². The third kappa shape index (κ3) is 2.58. The van der Waals surface area contributed by atoms with Crippen LogP contribution in [0.5, 0.6) is 11.5 Å². The normalized spacial score (nSPS) is 13.5. The Labute approximate surface area is 126 Å². The smallest absolute Gasteiger partial charge is 0.347 e. The number of ether oxygens (including phenoxy) is 2. The molecule has 3 rings (SSSR count). The van der Waals surface area contributed by atoms with Gasteiger partial charge in [-0.1, -0.05) is 13.8 Å². The van der Waals surface area contributed by atoms with E-state index in [-0.39, 0.29) is 5.92 Å². The summed E-state index contributed by atoms with van der Waals surface area (Å²) in [4.78, 5) is 16.1. The quantitative estimate of drug-likeness (QED) is 0.941. The van der Waals surface area contributed by atoms with E-state index in [9.17, 15) is 9.90 Å². The molecule has 0 unspecified atom stereocenters. The second kappa shape index (κ2) is 5.37. The number of aromatic nitrogens is 1. The van der Waals surface area contributed by atoms with Crippen molar-refractivity contribution in [1.29, 1.82) is 0 Å². The Morgan fingerprint density at radius 1 is 1.29 bits per heavy atom. The summed E-state index contributed by atoms with van der Waals surface area (Å²) in [6.45, 7) is 4.94. The van der Waals surface area contributed by atoms with E-state index in [4.69, 9.17) is 9.47 Å². The molecule has 6 heteroatoms. The number of aromatic carboxylic acids is 1. The van der Waals surface area contributed by atoms with Crippen LogP contribution in [0.2, 0.25) is 0 Å². The van der Waals surface area contributed by atoms with Gasteiger partial charge in [0, 0.05) is 5.56 Å². The number of rotatable bonds is 3. The molecule has 0 aliphatic carbocycles. The maximum atomic E-state index is 11.3. The zero-order chi connectivity index (χ0) is 15.0. The maximum Gasteiger partial charge on any atom is 0.347 e. The molecule has 21 heavy (non-hydrogen) atoms. The van der Waals surface area contributed by atoms with Crippen LogP contribution in [0.25, 0.3) is 10.6 Å². The predicted octanol–water partition coefficient (Wildman–Crippen LogP) is 3.40. The highest BCUT2D eigenvalue weighted by atomic mass is 32.1. The lowest BCUT2D eigenvalue weighted by Crippen LogP contribution is -2.15. The molecular weight excluding hydrogens is 290 g/mol. The van der Waals surface area contributed by atoms with Crippen LogP contribution in [-0.2, 0) is 0 Å². The second-order valence-corrected chi connectivity index (χ2v) is 6.05. The molecule has 1 N–H and O–H groups in total. The summed E-state index contributed by atoms with van der Waals surface area (Å²) in [5.74, 6) is 0.527. The minimum absolute atomic E-state index is 0.0679. The van der Waals surface area contributed by atoms with E-state index < -0.39 is 5.97 Å². The number of fused-ring (bicyclic) bond motifs is 1. The minimum atomic E-state index is -0.931. The van der Waals surface area contributed by atoms with E-state index in [1.165, 1.54) is 11.3 Å². The zero-order valence-electron chi connectivity index (χ0n) is 11.8. The number of carboxylic acids is 1. The molecule has 0 radical (unpaired) electrons. The van der Waals surface area contributed by atoms with Crippen LogP contribution in [0.3, 0.4) is 0 Å². The molecule has 1 aliphatic rings. The van der Waals surface area contributed by atoms with Crippen molar-refractivity contribution in [3.05, 3.63) is 28.8 Å². The van der Waals surface area contributed by atoms with Gasteiger partial charge in [-0.15, -0.1) is 11.3 Å². The van der Waals surface area contributed by atoms with E-state index >= 15 is 0 Å². The summed E-state index contributed by atoms with van der Waals surface area (Å²) in [7, 11) is 0. The fourth-order valence-electron chi connectivity index (χ4n) is 2.18. The third-order valence-corrected chi connectivity index (χ3v) is 4.29. The van der Waals surface area contributed by atoms with Gasteiger partial charge in [-0.25, -0.2) is 9.78 Å². The van der Waals surface area contributed by atoms with Gasteiger partial charge in [0.15, 0.2) is 11.5 Å². The van der Waals surface area contributed by atoms with Gasteiger partial charge in [0.1, 0.15) is 23.1 Å². The Morgan fingerprint density at radius 3 is 2.62 bits per heavy atom. The zero-order valence-corrected chi connectivity index (χ0v) is 12.6. The van der Waals surface area contributed by atoms with Crippen LogP contribution >= 0.6 is 11.3 Å². The highest BCUT2D eigenvalue weighted by Crippen LogP contribution is 2.37. The monoisotopic (exact) mass is 305 g/mol. The first kappa shape index (κ1) is 13.9. The van der Waals surface area contributed by atoms with E-state index in [0.717, 1.165) is 5.56 Å². The van der Waals surface area contributed by atoms with Gasteiger partial charge in [-0.2, -0.15) is 0 Å². The molecule has 5 nitrogen and oxygen atoms in total. The molecule has 2 heterocycles. The molecule has 0 fully saturated rings. The Kier molecular flexibility index (Phi) is 3.55. The fourth-order valence-corrected chi connectivity index (χ4v) is 3.23. The van der Waals surface area contributed by atoms with Gasteiger partial charge in [-0.3, -0.25) is 0 Å². The molecule has 0 saturated carbocycles. The minimum Gasteiger partial charge on any atom is -0.486 e. The van der Waals surface area contributed by atoms with Gasteiger partial charge >= 0.3 is 5.97 Å². The number of hydrogen-bond acceptors (Lipinski definition) is 5. The molecule has 0 atom stereocenters. The third-order valence-electron chi connectivity index (χ3n) is 3.18. The lowest BCUT2D eigenvalue weighted by atomic mass is 10.1. The van der Waals surface area contributed by atoms with Gasteiger partial charge in [0.25, 0.3) is 0 Å². The molecular formula is C15H15NO4S. The van der Waals surface area contributed by atoms with Crippen LogP contribution in [0.4, 0.5) is 0 Å². The average Bonchev–Trinajstić information content (AvgIpc) is 2.92. The number of thiazole rings is 1. The fraction of sp³-hybridized carbons (Fsp3) is 0.333. The number of hydrogen-bond donors (Lipinski definition) is 1. The van der Waals surface area contributed by atoms with Crippen molar-refractivity contribution in [2.24, 2.45) is 0 Å². The van der Waals surface area contributed by atoms with E-state index in [2.05, 4.69) is 4.98 Å². The van der Waals surface area contributed by atoms with Crippen molar-refractivity contribution in [2.75, 3.05) is 13.2 Å². The van der Waals surface area contributed by atoms with Crippen molar-refractivity contribution in [2.45, 2.75) is 19.8 Å². The molecule has 0 amide bonds. The van der Waals surface area contributed by atoms with Gasteiger partial charge in [0.05, 0.1) is 5.69 Å². The summed E-state index contributed by atoms with van der Waals surface area (Å²) < 4.78 is 11.0. The summed E-state index contributed by atoms with van der Waals surface area (Å²) >= 11 is 1.19. The number of nitrogens with zero attached hydrogens (tertiary/aromatic N) is 1. The lowest BCUT2D eigenvalue weighted by molar-refractivity contribution is 0.0700. The van der Waals surface area contributed by atoms with E-state index in [0.29, 0.717) is 40.3 Å². The summed E-state index contributed by atoms with van der Waals surface area (Å²) in [5.41, 5.74) is 1.47. The molecule has 0 spiro atoms. The summed E-state index contributed by atoms with van der Waals surface area (Å²) in [6.07, 6.45) is 0. The predicted molar refractivity (Wildman–Crippen MR) is 79.6 cm³/mol. The topological polar surface area (TPSA) is 68.7 Å². The van der Waals surface area contributed by atoms with Crippen molar-refractivity contribution >= 4 is 17.3 Å². The Bertz CT molecular complexity index is 693. The highest BCUT2D eigenvalue weighted by molar-refractivity contribution is 7.17. The SMILES string of the molecule is CC(C)c1nc(-c2ccc3c(c2)OCCO3)sc1C(=O)O. The largest absolute Gasteiger partial charge is 0.486 e. The molecule has 1 aromatic carbocycles. The van der Waals surface area contributed by atoms with Gasteiger partial charge < -0.3 is 14.6 Å². The van der Waals surface area contributed by atoms with E-state index in [1.807, 2.05) is 32.0 Å². The van der Waals surface area contributed by atoms with Crippen molar-refractivity contribution in [1.82, 2.24) is 4.98 Å². The first-order chi connectivity index (χ1) is 10.1. The Morgan fingerprint density at radius 2 is 2.00 bits per heavy atom. The van der Waals surface area contributed by atoms with Crippen molar-refractivity contribution < 1.29 is 19.4 Å². The van der Waals surface area contributed by atoms with Crippen LogP contribution in [-0.4, -0.2) is 29.3 Å². The maximum absolute atomic E-state index is 11.3.